The van der Waals surface area contributed by atoms with Gasteiger partial charge in [0.25, 0.3) is 0 Å². The van der Waals surface area contributed by atoms with Gasteiger partial charge >= 0.3 is 6.18 Å². The molecule has 0 saturated heterocycles. The van der Waals surface area contributed by atoms with Gasteiger partial charge in [0.1, 0.15) is 5.82 Å². The minimum absolute atomic E-state index is 0.0324. The zero-order chi connectivity index (χ0) is 20.4. The highest BCUT2D eigenvalue weighted by molar-refractivity contribution is 7.89. The number of nitrogens with one attached hydrogen (secondary N) is 1. The zero-order valence-corrected chi connectivity index (χ0v) is 15.8. The van der Waals surface area contributed by atoms with Crippen LogP contribution in [0.2, 0.25) is 0 Å². The number of benzene rings is 2. The molecule has 0 atom stereocenters. The fourth-order valence-corrected chi connectivity index (χ4v) is 3.77. The van der Waals surface area contributed by atoms with E-state index in [0.29, 0.717) is 18.2 Å². The summed E-state index contributed by atoms with van der Waals surface area (Å²) in [6.45, 7) is 2.43. The second-order valence-electron chi connectivity index (χ2n) is 6.27. The molecule has 2 aromatic carbocycles. The fourth-order valence-electron chi connectivity index (χ4n) is 2.71. The summed E-state index contributed by atoms with van der Waals surface area (Å²) < 4.78 is 67.5. The van der Waals surface area contributed by atoms with E-state index in [-0.39, 0.29) is 6.54 Å². The molecule has 5 nitrogen and oxygen atoms in total. The Morgan fingerprint density at radius 3 is 2.46 bits per heavy atom. The van der Waals surface area contributed by atoms with Crippen molar-refractivity contribution >= 4 is 10.0 Å². The van der Waals surface area contributed by atoms with E-state index in [1.807, 2.05) is 29.8 Å². The summed E-state index contributed by atoms with van der Waals surface area (Å²) in [7, 11) is -4.08. The molecule has 1 aromatic heterocycles. The number of hydrogen-bond acceptors (Lipinski definition) is 3. The van der Waals surface area contributed by atoms with E-state index in [0.717, 1.165) is 29.6 Å². The van der Waals surface area contributed by atoms with Crippen molar-refractivity contribution in [3.63, 3.8) is 0 Å². The van der Waals surface area contributed by atoms with Crippen molar-refractivity contribution in [1.82, 2.24) is 14.3 Å². The van der Waals surface area contributed by atoms with Gasteiger partial charge in [-0.05, 0) is 36.2 Å². The summed E-state index contributed by atoms with van der Waals surface area (Å²) in [6, 6.07) is 11.0. The van der Waals surface area contributed by atoms with Gasteiger partial charge in [0.05, 0.1) is 10.5 Å². The molecule has 28 heavy (non-hydrogen) atoms. The number of hydrogen-bond donors (Lipinski definition) is 1. The van der Waals surface area contributed by atoms with Gasteiger partial charge in [0.2, 0.25) is 10.0 Å². The van der Waals surface area contributed by atoms with Gasteiger partial charge in [-0.15, -0.1) is 0 Å². The molecule has 0 aliphatic rings. The molecule has 0 bridgehead atoms. The quantitative estimate of drug-likeness (QED) is 0.675. The second-order valence-corrected chi connectivity index (χ2v) is 8.04. The van der Waals surface area contributed by atoms with Gasteiger partial charge in [-0.25, -0.2) is 18.1 Å². The third-order valence-electron chi connectivity index (χ3n) is 4.21. The molecule has 0 unspecified atom stereocenters. The first-order valence-corrected chi connectivity index (χ1v) is 9.86. The Balaban J connectivity index is 1.73. The summed E-state index contributed by atoms with van der Waals surface area (Å²) in [5.41, 5.74) is 0.649. The third kappa shape index (κ3) is 4.79. The Kier molecular flexibility index (Phi) is 5.57. The highest BCUT2D eigenvalue weighted by Gasteiger charge is 2.31. The van der Waals surface area contributed by atoms with Gasteiger partial charge < -0.3 is 4.57 Å². The maximum atomic E-state index is 12.8. The van der Waals surface area contributed by atoms with Crippen LogP contribution >= 0.6 is 0 Å². The van der Waals surface area contributed by atoms with E-state index in [9.17, 15) is 21.6 Å². The standard InChI is InChI=1S/C19H18F3N3O2S/c1-14-23-8-9-25(14)13-16-5-2-4-15(10-16)12-24-28(26,27)18-7-3-6-17(11-18)19(20,21)22/h2-11,24H,12-13H2,1H3. The van der Waals surface area contributed by atoms with Gasteiger partial charge in [-0.3, -0.25) is 0 Å². The summed E-state index contributed by atoms with van der Waals surface area (Å²) in [5.74, 6) is 0.857. The van der Waals surface area contributed by atoms with Crippen LogP contribution in [0.1, 0.15) is 22.5 Å². The molecule has 0 radical (unpaired) electrons. The molecule has 0 aliphatic heterocycles. The molecule has 3 rings (SSSR count). The summed E-state index contributed by atoms with van der Waals surface area (Å²) in [4.78, 5) is 3.73. The monoisotopic (exact) mass is 409 g/mol. The molecule has 9 heteroatoms. The SMILES string of the molecule is Cc1nccn1Cc1cccc(CNS(=O)(=O)c2cccc(C(F)(F)F)c2)c1. The lowest BCUT2D eigenvalue weighted by atomic mass is 10.1. The van der Waals surface area contributed by atoms with Crippen molar-refractivity contribution in [2.45, 2.75) is 31.1 Å². The number of rotatable bonds is 6. The first kappa shape index (κ1) is 20.1. The number of imidazole rings is 1. The average Bonchev–Trinajstić information content (AvgIpc) is 3.05. The third-order valence-corrected chi connectivity index (χ3v) is 5.60. The maximum Gasteiger partial charge on any atom is 0.416 e. The first-order valence-electron chi connectivity index (χ1n) is 8.38. The van der Waals surface area contributed by atoms with Crippen LogP contribution in [-0.2, 0) is 29.3 Å². The second kappa shape index (κ2) is 7.76. The molecule has 1 heterocycles. The van der Waals surface area contributed by atoms with Crippen LogP contribution in [0.3, 0.4) is 0 Å². The fraction of sp³-hybridized carbons (Fsp3) is 0.211. The maximum absolute atomic E-state index is 12.8. The number of sulfonamides is 1. The molecule has 0 spiro atoms. The van der Waals surface area contributed by atoms with Gasteiger partial charge in [-0.1, -0.05) is 30.3 Å². The van der Waals surface area contributed by atoms with Crippen LogP contribution in [0.15, 0.2) is 65.8 Å². The molecule has 0 aliphatic carbocycles. The van der Waals surface area contributed by atoms with Crippen LogP contribution in [0.5, 0.6) is 0 Å². The molecule has 1 N–H and O–H groups in total. The molecular formula is C19H18F3N3O2S. The molecule has 0 fully saturated rings. The topological polar surface area (TPSA) is 64.0 Å². The highest BCUT2D eigenvalue weighted by atomic mass is 32.2. The zero-order valence-electron chi connectivity index (χ0n) is 14.9. The minimum atomic E-state index is -4.61. The smallest absolute Gasteiger partial charge is 0.331 e. The Morgan fingerprint density at radius 1 is 1.07 bits per heavy atom. The van der Waals surface area contributed by atoms with Crippen LogP contribution in [0.25, 0.3) is 0 Å². The number of halogens is 3. The van der Waals surface area contributed by atoms with Crippen molar-refractivity contribution in [3.05, 3.63) is 83.4 Å². The predicted molar refractivity (Wildman–Crippen MR) is 98.0 cm³/mol. The highest BCUT2D eigenvalue weighted by Crippen LogP contribution is 2.30. The van der Waals surface area contributed by atoms with Gasteiger partial charge in [-0.2, -0.15) is 13.2 Å². The van der Waals surface area contributed by atoms with Crippen LogP contribution < -0.4 is 4.72 Å². The number of aromatic nitrogens is 2. The Hall–Kier alpha value is -2.65. The van der Waals surface area contributed by atoms with Crippen LogP contribution in [0, 0.1) is 6.92 Å². The molecule has 3 aromatic rings. The van der Waals surface area contributed by atoms with E-state index in [1.165, 1.54) is 0 Å². The number of aryl methyl sites for hydroxylation is 1. The van der Waals surface area contributed by atoms with Gasteiger partial charge in [0.15, 0.2) is 0 Å². The molecule has 0 amide bonds. The van der Waals surface area contributed by atoms with Crippen molar-refractivity contribution in [2.75, 3.05) is 0 Å². The minimum Gasteiger partial charge on any atom is -0.331 e. The lowest BCUT2D eigenvalue weighted by Gasteiger charge is -2.11. The Labute approximate surface area is 160 Å². The first-order chi connectivity index (χ1) is 13.1. The molecule has 148 valence electrons. The van der Waals surface area contributed by atoms with E-state index in [1.54, 1.807) is 18.3 Å². The van der Waals surface area contributed by atoms with E-state index in [4.69, 9.17) is 0 Å². The summed E-state index contributed by atoms with van der Waals surface area (Å²) in [6.07, 6.45) is -1.06. The van der Waals surface area contributed by atoms with Crippen LogP contribution in [0.4, 0.5) is 13.2 Å². The lowest BCUT2D eigenvalue weighted by molar-refractivity contribution is -0.137. The van der Waals surface area contributed by atoms with Crippen molar-refractivity contribution in [1.29, 1.82) is 0 Å². The van der Waals surface area contributed by atoms with Crippen molar-refractivity contribution in [3.8, 4) is 0 Å². The summed E-state index contributed by atoms with van der Waals surface area (Å²) in [5, 5.41) is 0. The number of alkyl halides is 3. The van der Waals surface area contributed by atoms with E-state index >= 15 is 0 Å². The Bertz CT molecular complexity index is 1080. The normalized spacial score (nSPS) is 12.3. The average molecular weight is 409 g/mol. The van der Waals surface area contributed by atoms with Gasteiger partial charge in [0, 0.05) is 25.5 Å². The molecule has 0 saturated carbocycles. The van der Waals surface area contributed by atoms with Crippen molar-refractivity contribution in [2.24, 2.45) is 0 Å². The van der Waals surface area contributed by atoms with E-state index < -0.39 is 26.7 Å². The predicted octanol–water partition coefficient (Wildman–Crippen LogP) is 3.74. The van der Waals surface area contributed by atoms with Crippen molar-refractivity contribution < 1.29 is 21.6 Å². The van der Waals surface area contributed by atoms with E-state index in [2.05, 4.69) is 9.71 Å². The number of nitrogens with zero attached hydrogens (tertiary/aromatic N) is 2. The summed E-state index contributed by atoms with van der Waals surface area (Å²) >= 11 is 0. The lowest BCUT2D eigenvalue weighted by Crippen LogP contribution is -2.23. The largest absolute Gasteiger partial charge is 0.416 e. The van der Waals surface area contributed by atoms with Crippen LogP contribution in [-0.4, -0.2) is 18.0 Å². The molecular weight excluding hydrogens is 391 g/mol. The Morgan fingerprint density at radius 2 is 1.79 bits per heavy atom.